The Morgan fingerprint density at radius 3 is 2.44 bits per heavy atom. The van der Waals surface area contributed by atoms with Crippen molar-refractivity contribution in [2.24, 2.45) is 0 Å². The third kappa shape index (κ3) is 6.40. The molecule has 0 aliphatic carbocycles. The summed E-state index contributed by atoms with van der Waals surface area (Å²) in [5.74, 6) is -0.149. The van der Waals surface area contributed by atoms with E-state index in [9.17, 15) is 4.79 Å². The topological polar surface area (TPSA) is 53.6 Å². The number of morpholine rings is 1. The summed E-state index contributed by atoms with van der Waals surface area (Å²) < 4.78 is 5.46. The first-order valence-electron chi connectivity index (χ1n) is 10.9. The number of benzene rings is 3. The van der Waals surface area contributed by atoms with Crippen molar-refractivity contribution in [1.82, 2.24) is 10.2 Å². The van der Waals surface area contributed by atoms with Crippen LogP contribution in [-0.4, -0.2) is 37.1 Å². The van der Waals surface area contributed by atoms with E-state index >= 15 is 0 Å². The van der Waals surface area contributed by atoms with Gasteiger partial charge >= 0.3 is 0 Å². The van der Waals surface area contributed by atoms with Crippen molar-refractivity contribution in [2.75, 3.05) is 31.6 Å². The van der Waals surface area contributed by atoms with Crippen LogP contribution in [0.15, 0.2) is 72.8 Å². The molecule has 0 unspecified atom stereocenters. The molecule has 0 radical (unpaired) electrons. The highest BCUT2D eigenvalue weighted by molar-refractivity contribution is 6.30. The average molecular weight is 450 g/mol. The highest BCUT2D eigenvalue weighted by Gasteiger charge is 2.12. The van der Waals surface area contributed by atoms with E-state index < -0.39 is 0 Å². The second-order valence-corrected chi connectivity index (χ2v) is 8.36. The van der Waals surface area contributed by atoms with Crippen LogP contribution in [-0.2, 0) is 24.4 Å². The first-order chi connectivity index (χ1) is 15.7. The number of hydrogen-bond acceptors (Lipinski definition) is 4. The molecule has 0 atom stereocenters. The normalized spacial score (nSPS) is 14.3. The SMILES string of the molecule is O=C(Nc1cccc(CNCc2ccccc2CN2CCOCC2)c1)c1ccc(Cl)cc1. The van der Waals surface area contributed by atoms with E-state index in [0.29, 0.717) is 10.6 Å². The number of ether oxygens (including phenoxy) is 1. The number of carbonyl (C=O) groups excluding carboxylic acids is 1. The second kappa shape index (κ2) is 11.2. The molecule has 3 aromatic rings. The molecule has 0 spiro atoms. The summed E-state index contributed by atoms with van der Waals surface area (Å²) in [7, 11) is 0. The smallest absolute Gasteiger partial charge is 0.255 e. The molecule has 1 heterocycles. The minimum absolute atomic E-state index is 0.149. The second-order valence-electron chi connectivity index (χ2n) is 7.92. The largest absolute Gasteiger partial charge is 0.379 e. The number of carbonyl (C=O) groups is 1. The van der Waals surface area contributed by atoms with Gasteiger partial charge in [0.1, 0.15) is 0 Å². The summed E-state index contributed by atoms with van der Waals surface area (Å²) in [6.45, 7) is 6.05. The van der Waals surface area contributed by atoms with Crippen molar-refractivity contribution < 1.29 is 9.53 Å². The Bertz CT molecular complexity index is 1030. The van der Waals surface area contributed by atoms with Gasteiger partial charge in [0, 0.05) is 49.0 Å². The predicted octanol–water partition coefficient (Wildman–Crippen LogP) is 4.71. The van der Waals surface area contributed by atoms with Crippen LogP contribution in [0.5, 0.6) is 0 Å². The number of hydrogen-bond donors (Lipinski definition) is 2. The van der Waals surface area contributed by atoms with Crippen molar-refractivity contribution in [3.63, 3.8) is 0 Å². The van der Waals surface area contributed by atoms with Crippen molar-refractivity contribution in [1.29, 1.82) is 0 Å². The lowest BCUT2D eigenvalue weighted by atomic mass is 10.1. The van der Waals surface area contributed by atoms with Gasteiger partial charge in [0.2, 0.25) is 0 Å². The highest BCUT2D eigenvalue weighted by atomic mass is 35.5. The summed E-state index contributed by atoms with van der Waals surface area (Å²) in [6.07, 6.45) is 0. The molecule has 2 N–H and O–H groups in total. The predicted molar refractivity (Wildman–Crippen MR) is 129 cm³/mol. The van der Waals surface area contributed by atoms with Gasteiger partial charge in [-0.2, -0.15) is 0 Å². The maximum Gasteiger partial charge on any atom is 0.255 e. The van der Waals surface area contributed by atoms with E-state index in [1.807, 2.05) is 18.2 Å². The zero-order valence-electron chi connectivity index (χ0n) is 18.0. The first kappa shape index (κ1) is 22.5. The molecule has 1 fully saturated rings. The monoisotopic (exact) mass is 449 g/mol. The Balaban J connectivity index is 1.32. The number of anilines is 1. The number of rotatable bonds is 8. The van der Waals surface area contributed by atoms with Gasteiger partial charge in [0.15, 0.2) is 0 Å². The van der Waals surface area contributed by atoms with Gasteiger partial charge < -0.3 is 15.4 Å². The molecule has 4 rings (SSSR count). The minimum atomic E-state index is -0.149. The average Bonchev–Trinajstić information content (AvgIpc) is 2.81. The maximum atomic E-state index is 12.5. The van der Waals surface area contributed by atoms with Crippen molar-refractivity contribution in [3.05, 3.63) is 100 Å². The molecule has 166 valence electrons. The van der Waals surface area contributed by atoms with Crippen LogP contribution >= 0.6 is 11.6 Å². The van der Waals surface area contributed by atoms with Gasteiger partial charge in [0.05, 0.1) is 13.2 Å². The van der Waals surface area contributed by atoms with Crippen LogP contribution in [0.4, 0.5) is 5.69 Å². The van der Waals surface area contributed by atoms with Crippen molar-refractivity contribution >= 4 is 23.2 Å². The van der Waals surface area contributed by atoms with Crippen LogP contribution in [0.3, 0.4) is 0 Å². The molecular weight excluding hydrogens is 422 g/mol. The third-order valence-electron chi connectivity index (χ3n) is 5.55. The lowest BCUT2D eigenvalue weighted by Gasteiger charge is -2.27. The molecule has 32 heavy (non-hydrogen) atoms. The number of halogens is 1. The molecule has 1 saturated heterocycles. The van der Waals surface area contributed by atoms with E-state index in [2.05, 4.69) is 45.9 Å². The van der Waals surface area contributed by atoms with Crippen LogP contribution in [0, 0.1) is 0 Å². The van der Waals surface area contributed by atoms with Crippen LogP contribution in [0.1, 0.15) is 27.0 Å². The fourth-order valence-corrected chi connectivity index (χ4v) is 3.92. The highest BCUT2D eigenvalue weighted by Crippen LogP contribution is 2.16. The zero-order valence-corrected chi connectivity index (χ0v) is 18.8. The first-order valence-corrected chi connectivity index (χ1v) is 11.3. The fraction of sp³-hybridized carbons (Fsp3) is 0.269. The van der Waals surface area contributed by atoms with Crippen LogP contribution in [0.25, 0.3) is 0 Å². The molecule has 1 amide bonds. The summed E-state index contributed by atoms with van der Waals surface area (Å²) in [4.78, 5) is 14.9. The van der Waals surface area contributed by atoms with Crippen LogP contribution < -0.4 is 10.6 Å². The molecule has 5 nitrogen and oxygen atoms in total. The molecule has 1 aliphatic heterocycles. The number of nitrogens with one attached hydrogen (secondary N) is 2. The molecule has 1 aliphatic rings. The van der Waals surface area contributed by atoms with E-state index in [1.54, 1.807) is 24.3 Å². The molecular formula is C26H28ClN3O2. The molecule has 0 aromatic heterocycles. The summed E-state index contributed by atoms with van der Waals surface area (Å²) in [5, 5.41) is 7.11. The zero-order chi connectivity index (χ0) is 22.2. The Hall–Kier alpha value is -2.70. The Morgan fingerprint density at radius 1 is 0.906 bits per heavy atom. The lowest BCUT2D eigenvalue weighted by Crippen LogP contribution is -2.36. The number of amides is 1. The third-order valence-corrected chi connectivity index (χ3v) is 5.80. The van der Waals surface area contributed by atoms with E-state index in [0.717, 1.165) is 57.2 Å². The standard InChI is InChI=1S/C26H28ClN3O2/c27-24-10-8-21(9-11-24)26(31)29-25-7-3-4-20(16-25)17-28-18-22-5-1-2-6-23(22)19-30-12-14-32-15-13-30/h1-11,16,28H,12-15,17-19H2,(H,29,31). The minimum Gasteiger partial charge on any atom is -0.379 e. The molecule has 6 heteroatoms. The molecule has 0 saturated carbocycles. The van der Waals surface area contributed by atoms with Gasteiger partial charge in [-0.15, -0.1) is 0 Å². The maximum absolute atomic E-state index is 12.5. The number of nitrogens with zero attached hydrogens (tertiary/aromatic N) is 1. The van der Waals surface area contributed by atoms with Gasteiger partial charge in [0.25, 0.3) is 5.91 Å². The summed E-state index contributed by atoms with van der Waals surface area (Å²) in [6, 6.07) is 23.4. The Kier molecular flexibility index (Phi) is 7.91. The van der Waals surface area contributed by atoms with Crippen LogP contribution in [0.2, 0.25) is 5.02 Å². The molecule has 0 bridgehead atoms. The van der Waals surface area contributed by atoms with Crippen molar-refractivity contribution in [2.45, 2.75) is 19.6 Å². The van der Waals surface area contributed by atoms with Crippen molar-refractivity contribution in [3.8, 4) is 0 Å². The fourth-order valence-electron chi connectivity index (χ4n) is 3.79. The van der Waals surface area contributed by atoms with E-state index in [1.165, 1.54) is 11.1 Å². The van der Waals surface area contributed by atoms with Gasteiger partial charge in [-0.1, -0.05) is 48.0 Å². The van der Waals surface area contributed by atoms with E-state index in [4.69, 9.17) is 16.3 Å². The molecule has 3 aromatic carbocycles. The lowest BCUT2D eigenvalue weighted by molar-refractivity contribution is 0.0340. The Morgan fingerprint density at radius 2 is 1.66 bits per heavy atom. The van der Waals surface area contributed by atoms with E-state index in [-0.39, 0.29) is 5.91 Å². The van der Waals surface area contributed by atoms with Gasteiger partial charge in [-0.05, 0) is 53.1 Å². The van der Waals surface area contributed by atoms with Gasteiger partial charge in [-0.25, -0.2) is 0 Å². The summed E-state index contributed by atoms with van der Waals surface area (Å²) >= 11 is 5.90. The summed E-state index contributed by atoms with van der Waals surface area (Å²) in [5.41, 5.74) is 5.13. The quantitative estimate of drug-likeness (QED) is 0.522. The van der Waals surface area contributed by atoms with Gasteiger partial charge in [-0.3, -0.25) is 9.69 Å². The Labute approximate surface area is 194 Å².